The van der Waals surface area contributed by atoms with Crippen LogP contribution in [0.1, 0.15) is 18.1 Å². The molecule has 0 unspecified atom stereocenters. The quantitative estimate of drug-likeness (QED) is 0.434. The minimum absolute atomic E-state index is 0.269. The van der Waals surface area contributed by atoms with Crippen molar-refractivity contribution in [3.8, 4) is 5.75 Å². The maximum Gasteiger partial charge on any atom is 0.278 e. The average molecular weight is 459 g/mol. The molecule has 3 aromatic rings. The molecule has 5 nitrogen and oxygen atoms in total. The van der Waals surface area contributed by atoms with Crippen LogP contribution < -0.4 is 10.1 Å². The van der Waals surface area contributed by atoms with Gasteiger partial charge >= 0.3 is 0 Å². The van der Waals surface area contributed by atoms with E-state index in [1.165, 1.54) is 16.7 Å². The van der Waals surface area contributed by atoms with Crippen molar-refractivity contribution in [3.05, 3.63) is 101 Å². The van der Waals surface area contributed by atoms with Gasteiger partial charge < -0.3 is 10.1 Å². The second-order valence-corrected chi connectivity index (χ2v) is 8.78. The Hall–Kier alpha value is -3.51. The number of aryl methyl sites for hydroxylation is 1. The van der Waals surface area contributed by atoms with Crippen molar-refractivity contribution in [2.75, 3.05) is 18.5 Å². The van der Waals surface area contributed by atoms with Gasteiger partial charge in [-0.2, -0.15) is 0 Å². The van der Waals surface area contributed by atoms with Gasteiger partial charge in [0.15, 0.2) is 0 Å². The van der Waals surface area contributed by atoms with E-state index in [2.05, 4.69) is 5.32 Å². The Morgan fingerprint density at radius 3 is 2.24 bits per heavy atom. The predicted octanol–water partition coefficient (Wildman–Crippen LogP) is 5.42. The van der Waals surface area contributed by atoms with Gasteiger partial charge in [-0.1, -0.05) is 59.8 Å². The van der Waals surface area contributed by atoms with Crippen LogP contribution in [0.5, 0.6) is 5.75 Å². The second kappa shape index (κ2) is 10.4. The number of nitrogens with zero attached hydrogens (tertiary/aromatic N) is 1. The summed E-state index contributed by atoms with van der Waals surface area (Å²) < 4.78 is 5.50. The number of carbonyl (C=O) groups excluding carboxylic acids is 2. The third-order valence-corrected chi connectivity index (χ3v) is 6.36. The molecule has 4 rings (SSSR count). The predicted molar refractivity (Wildman–Crippen MR) is 132 cm³/mol. The molecule has 1 aliphatic heterocycles. The highest BCUT2D eigenvalue weighted by atomic mass is 32.2. The van der Waals surface area contributed by atoms with E-state index in [-0.39, 0.29) is 11.8 Å². The molecule has 33 heavy (non-hydrogen) atoms. The van der Waals surface area contributed by atoms with E-state index >= 15 is 0 Å². The molecular weight excluding hydrogens is 432 g/mol. The summed E-state index contributed by atoms with van der Waals surface area (Å²) in [5, 5.41) is 3.19. The fourth-order valence-electron chi connectivity index (χ4n) is 3.52. The van der Waals surface area contributed by atoms with E-state index in [0.717, 1.165) is 27.5 Å². The molecule has 0 aliphatic carbocycles. The number of carbonyl (C=O) groups is 2. The lowest BCUT2D eigenvalue weighted by Gasteiger charge is -2.15. The number of rotatable bonds is 9. The van der Waals surface area contributed by atoms with Crippen LogP contribution in [0.25, 0.3) is 0 Å². The largest absolute Gasteiger partial charge is 0.494 e. The molecule has 0 fully saturated rings. The number of hydrogen-bond donors (Lipinski definition) is 1. The lowest BCUT2D eigenvalue weighted by molar-refractivity contribution is -0.137. The normalized spacial score (nSPS) is 13.6. The maximum atomic E-state index is 13.3. The third kappa shape index (κ3) is 5.46. The summed E-state index contributed by atoms with van der Waals surface area (Å²) in [6.45, 7) is 4.85. The van der Waals surface area contributed by atoms with Gasteiger partial charge in [0.2, 0.25) is 0 Å². The smallest absolute Gasteiger partial charge is 0.278 e. The van der Waals surface area contributed by atoms with E-state index in [1.54, 1.807) is 0 Å². The first-order valence-corrected chi connectivity index (χ1v) is 11.8. The first kappa shape index (κ1) is 22.7. The summed E-state index contributed by atoms with van der Waals surface area (Å²) in [4.78, 5) is 29.3. The molecule has 6 heteroatoms. The zero-order valence-corrected chi connectivity index (χ0v) is 19.5. The number of ether oxygens (including phenoxy) is 1. The topological polar surface area (TPSA) is 58.6 Å². The van der Waals surface area contributed by atoms with Crippen LogP contribution in [-0.2, 0) is 16.0 Å². The van der Waals surface area contributed by atoms with Gasteiger partial charge in [0.25, 0.3) is 11.8 Å². The van der Waals surface area contributed by atoms with Gasteiger partial charge in [0.1, 0.15) is 16.4 Å². The summed E-state index contributed by atoms with van der Waals surface area (Å²) in [7, 11) is 0. The molecule has 1 heterocycles. The number of imide groups is 1. The average Bonchev–Trinajstić information content (AvgIpc) is 3.05. The van der Waals surface area contributed by atoms with Crippen LogP contribution in [0.2, 0.25) is 0 Å². The Morgan fingerprint density at radius 1 is 0.879 bits per heavy atom. The number of benzene rings is 3. The lowest BCUT2D eigenvalue weighted by Crippen LogP contribution is -2.34. The summed E-state index contributed by atoms with van der Waals surface area (Å²) in [5.41, 5.74) is 3.25. The van der Waals surface area contributed by atoms with Gasteiger partial charge in [0, 0.05) is 17.1 Å². The molecule has 0 radical (unpaired) electrons. The summed E-state index contributed by atoms with van der Waals surface area (Å²) >= 11 is 1.32. The van der Waals surface area contributed by atoms with Crippen LogP contribution in [0.3, 0.4) is 0 Å². The summed E-state index contributed by atoms with van der Waals surface area (Å²) in [6.07, 6.45) is 0.608. The number of nitrogens with one attached hydrogen (secondary N) is 1. The molecule has 0 atom stereocenters. The van der Waals surface area contributed by atoms with Crippen molar-refractivity contribution >= 4 is 29.3 Å². The number of anilines is 1. The van der Waals surface area contributed by atoms with Crippen molar-refractivity contribution in [3.63, 3.8) is 0 Å². The highest BCUT2D eigenvalue weighted by Gasteiger charge is 2.38. The molecule has 0 saturated heterocycles. The summed E-state index contributed by atoms with van der Waals surface area (Å²) in [5.74, 6) is 0.180. The highest BCUT2D eigenvalue weighted by molar-refractivity contribution is 8.04. The molecule has 1 N–H and O–H groups in total. The maximum absolute atomic E-state index is 13.3. The Kier molecular flexibility index (Phi) is 7.15. The van der Waals surface area contributed by atoms with E-state index < -0.39 is 0 Å². The van der Waals surface area contributed by atoms with Gasteiger partial charge in [-0.3, -0.25) is 14.5 Å². The summed E-state index contributed by atoms with van der Waals surface area (Å²) in [6, 6.07) is 25.2. The molecule has 0 aromatic heterocycles. The molecule has 1 aliphatic rings. The van der Waals surface area contributed by atoms with Crippen molar-refractivity contribution < 1.29 is 14.3 Å². The van der Waals surface area contributed by atoms with Crippen molar-refractivity contribution in [1.82, 2.24) is 4.90 Å². The van der Waals surface area contributed by atoms with Gasteiger partial charge in [-0.05, 0) is 62.2 Å². The first-order chi connectivity index (χ1) is 16.0. The Morgan fingerprint density at radius 2 is 1.58 bits per heavy atom. The van der Waals surface area contributed by atoms with Crippen LogP contribution in [0.4, 0.5) is 5.69 Å². The van der Waals surface area contributed by atoms with Gasteiger partial charge in [-0.15, -0.1) is 0 Å². The standard InChI is InChI=1S/C27H26N2O3S/c1-3-32-22-13-11-21(12-14-22)28-24-25(33-23-15-9-19(2)10-16-23)27(31)29(26(24)30)18-17-20-7-5-4-6-8-20/h4-16,28H,3,17-18H2,1-2H3. The molecular formula is C27H26N2O3S. The van der Waals surface area contributed by atoms with E-state index in [1.807, 2.05) is 92.7 Å². The monoisotopic (exact) mass is 458 g/mol. The van der Waals surface area contributed by atoms with Gasteiger partial charge in [-0.25, -0.2) is 0 Å². The highest BCUT2D eigenvalue weighted by Crippen LogP contribution is 2.36. The molecule has 168 valence electrons. The number of thioether (sulfide) groups is 1. The van der Waals surface area contributed by atoms with Crippen molar-refractivity contribution in [2.24, 2.45) is 0 Å². The minimum atomic E-state index is -0.306. The SMILES string of the molecule is CCOc1ccc(NC2=C(Sc3ccc(C)cc3)C(=O)N(CCc3ccccc3)C2=O)cc1. The first-order valence-electron chi connectivity index (χ1n) is 10.9. The molecule has 0 bridgehead atoms. The minimum Gasteiger partial charge on any atom is -0.494 e. The Bertz CT molecular complexity index is 1160. The molecule has 2 amide bonds. The second-order valence-electron chi connectivity index (χ2n) is 7.70. The number of hydrogen-bond acceptors (Lipinski definition) is 5. The molecule has 0 spiro atoms. The zero-order chi connectivity index (χ0) is 23.2. The van der Waals surface area contributed by atoms with Crippen molar-refractivity contribution in [2.45, 2.75) is 25.2 Å². The third-order valence-electron chi connectivity index (χ3n) is 5.27. The Labute approximate surface area is 198 Å². The fourth-order valence-corrected chi connectivity index (χ4v) is 4.46. The van der Waals surface area contributed by atoms with Crippen LogP contribution in [0, 0.1) is 6.92 Å². The van der Waals surface area contributed by atoms with E-state index in [0.29, 0.717) is 30.2 Å². The molecule has 3 aromatic carbocycles. The zero-order valence-electron chi connectivity index (χ0n) is 18.7. The van der Waals surface area contributed by atoms with E-state index in [9.17, 15) is 9.59 Å². The molecule has 0 saturated carbocycles. The van der Waals surface area contributed by atoms with E-state index in [4.69, 9.17) is 4.74 Å². The van der Waals surface area contributed by atoms with Crippen molar-refractivity contribution in [1.29, 1.82) is 0 Å². The van der Waals surface area contributed by atoms with Gasteiger partial charge in [0.05, 0.1) is 6.61 Å². The fraction of sp³-hybridized carbons (Fsp3) is 0.185. The Balaban J connectivity index is 1.59. The number of amides is 2. The van der Waals surface area contributed by atoms with Crippen LogP contribution >= 0.6 is 11.8 Å². The lowest BCUT2D eigenvalue weighted by atomic mass is 10.1. The van der Waals surface area contributed by atoms with Crippen LogP contribution in [0.15, 0.2) is 94.4 Å². The van der Waals surface area contributed by atoms with Crippen LogP contribution in [-0.4, -0.2) is 29.9 Å².